The van der Waals surface area contributed by atoms with Gasteiger partial charge in [0, 0.05) is 42.1 Å². The molecule has 3 fully saturated rings. The Kier molecular flexibility index (Phi) is 7.43. The number of nitrogens with one attached hydrogen (secondary N) is 1. The van der Waals surface area contributed by atoms with Crippen molar-refractivity contribution in [1.29, 1.82) is 0 Å². The molecular weight excluding hydrogens is 557 g/mol. The highest BCUT2D eigenvalue weighted by Crippen LogP contribution is 2.47. The van der Waals surface area contributed by atoms with Crippen molar-refractivity contribution in [2.75, 3.05) is 50.8 Å². The van der Waals surface area contributed by atoms with Gasteiger partial charge in [0.05, 0.1) is 68.0 Å². The number of carbonyl (C=O) groups is 1. The quantitative estimate of drug-likeness (QED) is 0.359. The number of methoxy groups -OCH3 is 2. The minimum atomic E-state index is -0.102. The lowest BCUT2D eigenvalue weighted by Gasteiger charge is -2.29. The van der Waals surface area contributed by atoms with E-state index >= 15 is 0 Å². The Bertz CT molecular complexity index is 1460. The van der Waals surface area contributed by atoms with Crippen LogP contribution in [0, 0.1) is 5.92 Å². The van der Waals surface area contributed by atoms with Crippen LogP contribution in [-0.4, -0.2) is 79.5 Å². The molecule has 10 nitrogen and oxygen atoms in total. The maximum atomic E-state index is 12.0. The first-order valence-corrected chi connectivity index (χ1v) is 13.8. The molecule has 0 aliphatic carbocycles. The second-order valence-corrected chi connectivity index (χ2v) is 10.9. The first-order chi connectivity index (χ1) is 19.4. The Morgan fingerprint density at radius 2 is 1.95 bits per heavy atom. The molecule has 0 saturated carbocycles. The van der Waals surface area contributed by atoms with Crippen LogP contribution in [0.2, 0.25) is 10.0 Å². The summed E-state index contributed by atoms with van der Waals surface area (Å²) in [6.07, 6.45) is 4.53. The van der Waals surface area contributed by atoms with Crippen molar-refractivity contribution in [2.24, 2.45) is 5.92 Å². The van der Waals surface area contributed by atoms with Crippen LogP contribution < -0.4 is 19.7 Å². The Labute approximate surface area is 241 Å². The van der Waals surface area contributed by atoms with Crippen molar-refractivity contribution in [2.45, 2.75) is 31.0 Å². The number of aromatic nitrogens is 3. The van der Waals surface area contributed by atoms with Crippen molar-refractivity contribution in [3.05, 3.63) is 41.0 Å². The monoisotopic (exact) mass is 585 g/mol. The lowest BCUT2D eigenvalue weighted by atomic mass is 9.97. The molecule has 3 saturated heterocycles. The number of nitrogens with zero attached hydrogens (tertiary/aromatic N) is 4. The second-order valence-electron chi connectivity index (χ2n) is 10.2. The van der Waals surface area contributed by atoms with Gasteiger partial charge < -0.3 is 29.2 Å². The highest BCUT2D eigenvalue weighted by Gasteiger charge is 2.41. The number of morpholine rings is 1. The number of allylic oxidation sites excluding steroid dienone is 1. The number of anilines is 2. The molecule has 0 radical (unpaired) electrons. The van der Waals surface area contributed by atoms with E-state index in [9.17, 15) is 4.79 Å². The van der Waals surface area contributed by atoms with E-state index in [0.717, 1.165) is 11.8 Å². The van der Waals surface area contributed by atoms with Crippen molar-refractivity contribution in [3.63, 3.8) is 0 Å². The van der Waals surface area contributed by atoms with E-state index in [1.807, 2.05) is 6.07 Å². The molecule has 0 amide bonds. The third-order valence-corrected chi connectivity index (χ3v) is 8.50. The number of hydrogen-bond acceptors (Lipinski definition) is 10. The van der Waals surface area contributed by atoms with E-state index in [0.29, 0.717) is 82.9 Å². The van der Waals surface area contributed by atoms with Crippen LogP contribution in [-0.2, 0) is 14.3 Å². The Balaban J connectivity index is 1.44. The van der Waals surface area contributed by atoms with Gasteiger partial charge in [-0.2, -0.15) is 0 Å². The van der Waals surface area contributed by atoms with Gasteiger partial charge in [-0.25, -0.2) is 15.0 Å². The summed E-state index contributed by atoms with van der Waals surface area (Å²) >= 11 is 13.5. The molecule has 2 unspecified atom stereocenters. The second kappa shape index (κ2) is 11.0. The third-order valence-electron chi connectivity index (χ3n) is 7.75. The van der Waals surface area contributed by atoms with Gasteiger partial charge in [0.25, 0.3) is 0 Å². The number of fused-ring (bicyclic) bond motifs is 3. The van der Waals surface area contributed by atoms with E-state index in [1.165, 1.54) is 20.3 Å². The van der Waals surface area contributed by atoms with Crippen LogP contribution in [0.4, 0.5) is 11.8 Å². The third kappa shape index (κ3) is 4.83. The average Bonchev–Trinajstić information content (AvgIpc) is 3.71. The predicted octanol–water partition coefficient (Wildman–Crippen LogP) is 4.57. The minimum Gasteiger partial charge on any atom is -0.495 e. The standard InChI is InChI=1S/C28H29Cl2N5O5/c1-4-17(36)5-15-11-39-13-20(15)33-28-31-9-14-6-19(23-24(29)21(37-2)8-22(38-3)25(23)30)32-27(26(14)34-28)35-10-18-7-16(35)12-40-18/h4,6,8-9,15-16,18,20H,1,5,7,10-13H2,2-3H3,(H,31,33,34)/t15-,16?,18?,20+/m0/s1. The van der Waals surface area contributed by atoms with E-state index in [4.69, 9.17) is 52.1 Å². The fourth-order valence-corrected chi connectivity index (χ4v) is 6.35. The molecule has 210 valence electrons. The molecule has 3 aliphatic rings. The van der Waals surface area contributed by atoms with Gasteiger partial charge in [0.15, 0.2) is 11.6 Å². The lowest BCUT2D eigenvalue weighted by Crippen LogP contribution is -2.37. The van der Waals surface area contributed by atoms with E-state index in [-0.39, 0.29) is 29.9 Å². The molecule has 3 aliphatic heterocycles. The molecular formula is C28H29Cl2N5O5. The van der Waals surface area contributed by atoms with E-state index in [1.54, 1.807) is 12.3 Å². The van der Waals surface area contributed by atoms with Gasteiger partial charge in [0.2, 0.25) is 5.95 Å². The minimum absolute atomic E-state index is 0.00330. The van der Waals surface area contributed by atoms with Gasteiger partial charge in [-0.05, 0) is 18.6 Å². The molecule has 40 heavy (non-hydrogen) atoms. The summed E-state index contributed by atoms with van der Waals surface area (Å²) < 4.78 is 22.5. The largest absolute Gasteiger partial charge is 0.495 e. The molecule has 6 rings (SSSR count). The SMILES string of the molecule is C=CC(=O)C[C@H]1COC[C@H]1Nc1ncc2cc(-c3c(Cl)c(OC)cc(OC)c3Cl)nc(N3CC4CC3CO4)c2n1. The predicted molar refractivity (Wildman–Crippen MR) is 153 cm³/mol. The van der Waals surface area contributed by atoms with Crippen LogP contribution in [0.15, 0.2) is 31.0 Å². The fourth-order valence-electron chi connectivity index (χ4n) is 5.66. The lowest BCUT2D eigenvalue weighted by molar-refractivity contribution is -0.115. The number of ether oxygens (including phenoxy) is 4. The van der Waals surface area contributed by atoms with Crippen LogP contribution in [0.25, 0.3) is 22.2 Å². The first kappa shape index (κ1) is 27.0. The Hall–Kier alpha value is -3.18. The van der Waals surface area contributed by atoms with Crippen molar-refractivity contribution in [3.8, 4) is 22.8 Å². The molecule has 0 spiro atoms. The highest BCUT2D eigenvalue weighted by molar-refractivity contribution is 6.41. The number of carbonyl (C=O) groups excluding carboxylic acids is 1. The van der Waals surface area contributed by atoms with E-state index in [2.05, 4.69) is 21.8 Å². The maximum Gasteiger partial charge on any atom is 0.223 e. The molecule has 5 heterocycles. The number of halogens is 2. The number of ketones is 1. The smallest absolute Gasteiger partial charge is 0.223 e. The van der Waals surface area contributed by atoms with Crippen molar-refractivity contribution < 1.29 is 23.7 Å². The summed E-state index contributed by atoms with van der Waals surface area (Å²) in [4.78, 5) is 28.8. The number of hydrogen-bond donors (Lipinski definition) is 1. The number of benzene rings is 1. The number of rotatable bonds is 9. The van der Waals surface area contributed by atoms with Crippen molar-refractivity contribution >= 4 is 51.7 Å². The van der Waals surface area contributed by atoms with Gasteiger partial charge in [-0.15, -0.1) is 0 Å². The van der Waals surface area contributed by atoms with Crippen LogP contribution in [0.1, 0.15) is 12.8 Å². The first-order valence-electron chi connectivity index (χ1n) is 13.1. The summed E-state index contributed by atoms with van der Waals surface area (Å²) in [7, 11) is 3.07. The molecule has 1 N–H and O–H groups in total. The van der Waals surface area contributed by atoms with Gasteiger partial charge in [0.1, 0.15) is 17.0 Å². The summed E-state index contributed by atoms with van der Waals surface area (Å²) in [5.74, 6) is 1.98. The molecule has 2 aromatic heterocycles. The molecule has 3 aromatic rings. The normalized spacial score (nSPS) is 23.6. The summed E-state index contributed by atoms with van der Waals surface area (Å²) in [5, 5.41) is 4.81. The summed E-state index contributed by atoms with van der Waals surface area (Å²) in [6.45, 7) is 5.86. The topological polar surface area (TPSA) is 108 Å². The van der Waals surface area contributed by atoms with Gasteiger partial charge in [-0.1, -0.05) is 29.8 Å². The zero-order chi connectivity index (χ0) is 28.0. The molecule has 2 bridgehead atoms. The molecule has 4 atom stereocenters. The highest BCUT2D eigenvalue weighted by atomic mass is 35.5. The molecule has 12 heteroatoms. The van der Waals surface area contributed by atoms with Crippen molar-refractivity contribution in [1.82, 2.24) is 15.0 Å². The number of pyridine rings is 1. The van der Waals surface area contributed by atoms with Crippen LogP contribution in [0.5, 0.6) is 11.5 Å². The Morgan fingerprint density at radius 3 is 2.60 bits per heavy atom. The summed E-state index contributed by atoms with van der Waals surface area (Å²) in [6, 6.07) is 3.60. The fraction of sp³-hybridized carbons (Fsp3) is 0.429. The van der Waals surface area contributed by atoms with Gasteiger partial charge >= 0.3 is 0 Å². The van der Waals surface area contributed by atoms with E-state index < -0.39 is 0 Å². The van der Waals surface area contributed by atoms with Crippen LogP contribution >= 0.6 is 23.2 Å². The maximum absolute atomic E-state index is 12.0. The average molecular weight is 586 g/mol. The zero-order valence-corrected chi connectivity index (χ0v) is 23.7. The molecule has 1 aromatic carbocycles. The Morgan fingerprint density at radius 1 is 1.18 bits per heavy atom. The zero-order valence-electron chi connectivity index (χ0n) is 22.2. The van der Waals surface area contributed by atoms with Crippen LogP contribution in [0.3, 0.4) is 0 Å². The summed E-state index contributed by atoms with van der Waals surface area (Å²) in [5.41, 5.74) is 1.74. The van der Waals surface area contributed by atoms with Gasteiger partial charge in [-0.3, -0.25) is 4.79 Å².